The van der Waals surface area contributed by atoms with E-state index in [0.717, 1.165) is 26.4 Å². The van der Waals surface area contributed by atoms with Crippen LogP contribution in [0.15, 0.2) is 48.7 Å². The molecule has 0 fully saturated rings. The van der Waals surface area contributed by atoms with Crippen molar-refractivity contribution in [2.75, 3.05) is 0 Å². The summed E-state index contributed by atoms with van der Waals surface area (Å²) < 4.78 is 2.85. The molecule has 22 heavy (non-hydrogen) atoms. The van der Waals surface area contributed by atoms with E-state index in [0.29, 0.717) is 0 Å². The van der Waals surface area contributed by atoms with Crippen molar-refractivity contribution in [3.8, 4) is 11.3 Å². The molecule has 2 heterocycles. The Bertz CT molecular complexity index is 1020. The molecule has 4 aromatic rings. The third kappa shape index (κ3) is 1.96. The Morgan fingerprint density at radius 2 is 1.95 bits per heavy atom. The number of nitro groups is 1. The van der Waals surface area contributed by atoms with Gasteiger partial charge in [0.2, 0.25) is 0 Å². The molecule has 0 aliphatic rings. The zero-order valence-electron chi connectivity index (χ0n) is 11.7. The summed E-state index contributed by atoms with van der Waals surface area (Å²) in [7, 11) is 0. The van der Waals surface area contributed by atoms with Crippen molar-refractivity contribution < 1.29 is 4.92 Å². The van der Waals surface area contributed by atoms with Crippen molar-refractivity contribution >= 4 is 32.2 Å². The SMILES string of the molecule is Cc1ccc(-c2cn3c(n2)sc2cc([N+](=O)[O-])ccc23)cc1. The predicted molar refractivity (Wildman–Crippen MR) is 87.4 cm³/mol. The first kappa shape index (κ1) is 13.0. The molecule has 2 aromatic carbocycles. The molecule has 2 aromatic heterocycles. The summed E-state index contributed by atoms with van der Waals surface area (Å²) in [4.78, 5) is 16.0. The van der Waals surface area contributed by atoms with Crippen LogP contribution in [0, 0.1) is 17.0 Å². The van der Waals surface area contributed by atoms with E-state index in [1.54, 1.807) is 12.1 Å². The van der Waals surface area contributed by atoms with Gasteiger partial charge in [-0.3, -0.25) is 14.5 Å². The number of nitrogens with zero attached hydrogens (tertiary/aromatic N) is 3. The second-order valence-corrected chi connectivity index (χ2v) is 6.17. The number of benzene rings is 2. The summed E-state index contributed by atoms with van der Waals surface area (Å²) in [6, 6.07) is 13.1. The van der Waals surface area contributed by atoms with Crippen LogP contribution in [0.4, 0.5) is 5.69 Å². The number of imidazole rings is 1. The minimum Gasteiger partial charge on any atom is -0.290 e. The van der Waals surface area contributed by atoms with Gasteiger partial charge in [-0.05, 0) is 13.0 Å². The summed E-state index contributed by atoms with van der Waals surface area (Å²) in [5.41, 5.74) is 4.23. The molecule has 0 unspecified atom stereocenters. The van der Waals surface area contributed by atoms with Gasteiger partial charge in [-0.1, -0.05) is 41.2 Å². The average molecular weight is 309 g/mol. The number of fused-ring (bicyclic) bond motifs is 3. The maximum atomic E-state index is 10.9. The monoisotopic (exact) mass is 309 g/mol. The third-order valence-corrected chi connectivity index (χ3v) is 4.65. The van der Waals surface area contributed by atoms with Crippen LogP contribution in [0.3, 0.4) is 0 Å². The fraction of sp³-hybridized carbons (Fsp3) is 0.0625. The highest BCUT2D eigenvalue weighted by Crippen LogP contribution is 2.31. The maximum Gasteiger partial charge on any atom is 0.270 e. The van der Waals surface area contributed by atoms with Crippen LogP contribution in [-0.2, 0) is 0 Å². The van der Waals surface area contributed by atoms with Gasteiger partial charge in [0.05, 0.1) is 20.8 Å². The van der Waals surface area contributed by atoms with Crippen LogP contribution in [0.1, 0.15) is 5.56 Å². The molecule has 0 bridgehead atoms. The number of thiazole rings is 1. The molecule has 0 radical (unpaired) electrons. The van der Waals surface area contributed by atoms with Gasteiger partial charge in [-0.25, -0.2) is 4.98 Å². The van der Waals surface area contributed by atoms with Crippen LogP contribution in [0.5, 0.6) is 0 Å². The van der Waals surface area contributed by atoms with Gasteiger partial charge in [0.1, 0.15) is 0 Å². The lowest BCUT2D eigenvalue weighted by molar-refractivity contribution is -0.384. The molecule has 5 nitrogen and oxygen atoms in total. The molecule has 4 rings (SSSR count). The highest BCUT2D eigenvalue weighted by Gasteiger charge is 2.13. The minimum atomic E-state index is -0.375. The molecular formula is C16H11N3O2S. The highest BCUT2D eigenvalue weighted by molar-refractivity contribution is 7.23. The Labute approximate surface area is 129 Å². The number of aryl methyl sites for hydroxylation is 1. The predicted octanol–water partition coefficient (Wildman–Crippen LogP) is 4.43. The average Bonchev–Trinajstić information content (AvgIpc) is 3.04. The van der Waals surface area contributed by atoms with Gasteiger partial charge in [0.25, 0.3) is 5.69 Å². The summed E-state index contributed by atoms with van der Waals surface area (Å²) in [6.45, 7) is 2.05. The van der Waals surface area contributed by atoms with E-state index < -0.39 is 0 Å². The highest BCUT2D eigenvalue weighted by atomic mass is 32.1. The van der Waals surface area contributed by atoms with Crippen LogP contribution in [-0.4, -0.2) is 14.3 Å². The molecule has 108 valence electrons. The van der Waals surface area contributed by atoms with Crippen LogP contribution in [0.25, 0.3) is 26.4 Å². The minimum absolute atomic E-state index is 0.107. The molecule has 6 heteroatoms. The molecule has 0 atom stereocenters. The zero-order valence-corrected chi connectivity index (χ0v) is 12.5. The zero-order chi connectivity index (χ0) is 15.3. The molecule has 0 N–H and O–H groups in total. The Balaban J connectivity index is 1.88. The first-order valence-corrected chi connectivity index (χ1v) is 7.56. The van der Waals surface area contributed by atoms with Crippen LogP contribution in [0.2, 0.25) is 0 Å². The molecule has 0 saturated heterocycles. The van der Waals surface area contributed by atoms with Gasteiger partial charge in [-0.2, -0.15) is 0 Å². The lowest BCUT2D eigenvalue weighted by Gasteiger charge is -1.97. The Kier molecular flexibility index (Phi) is 2.74. The summed E-state index contributed by atoms with van der Waals surface area (Å²) in [6.07, 6.45) is 1.98. The number of nitro benzene ring substituents is 1. The van der Waals surface area contributed by atoms with Gasteiger partial charge >= 0.3 is 0 Å². The first-order valence-electron chi connectivity index (χ1n) is 6.75. The van der Waals surface area contributed by atoms with Gasteiger partial charge in [0, 0.05) is 23.9 Å². The largest absolute Gasteiger partial charge is 0.290 e. The number of hydrogen-bond donors (Lipinski definition) is 0. The summed E-state index contributed by atoms with van der Waals surface area (Å²) in [5.74, 6) is 0. The van der Waals surface area contributed by atoms with E-state index in [1.165, 1.54) is 23.0 Å². The Morgan fingerprint density at radius 1 is 1.18 bits per heavy atom. The van der Waals surface area contributed by atoms with Crippen molar-refractivity contribution in [2.45, 2.75) is 6.92 Å². The number of rotatable bonds is 2. The normalized spacial score (nSPS) is 11.3. The molecule has 0 aliphatic carbocycles. The van der Waals surface area contributed by atoms with Gasteiger partial charge in [0.15, 0.2) is 4.96 Å². The molecule has 0 amide bonds. The van der Waals surface area contributed by atoms with Gasteiger partial charge < -0.3 is 0 Å². The quantitative estimate of drug-likeness (QED) is 0.406. The molecular weight excluding hydrogens is 298 g/mol. The topological polar surface area (TPSA) is 60.4 Å². The van der Waals surface area contributed by atoms with Crippen LogP contribution >= 0.6 is 11.3 Å². The van der Waals surface area contributed by atoms with E-state index in [2.05, 4.69) is 36.2 Å². The number of hydrogen-bond acceptors (Lipinski definition) is 4. The molecule has 0 saturated carbocycles. The lowest BCUT2D eigenvalue weighted by Crippen LogP contribution is -1.86. The van der Waals surface area contributed by atoms with Crippen LogP contribution < -0.4 is 0 Å². The summed E-state index contributed by atoms with van der Waals surface area (Å²) >= 11 is 1.46. The fourth-order valence-electron chi connectivity index (χ4n) is 2.47. The Morgan fingerprint density at radius 3 is 2.68 bits per heavy atom. The smallest absolute Gasteiger partial charge is 0.270 e. The van der Waals surface area contributed by atoms with Gasteiger partial charge in [-0.15, -0.1) is 0 Å². The fourth-order valence-corrected chi connectivity index (χ4v) is 3.51. The Hall–Kier alpha value is -2.73. The second-order valence-electron chi connectivity index (χ2n) is 5.16. The molecule has 0 spiro atoms. The van der Waals surface area contributed by atoms with E-state index >= 15 is 0 Å². The summed E-state index contributed by atoms with van der Waals surface area (Å²) in [5, 5.41) is 10.9. The second kappa shape index (κ2) is 4.64. The van der Waals surface area contributed by atoms with Crippen molar-refractivity contribution in [1.82, 2.24) is 9.38 Å². The van der Waals surface area contributed by atoms with E-state index in [1.807, 2.05) is 10.6 Å². The van der Waals surface area contributed by atoms with Crippen molar-refractivity contribution in [1.29, 1.82) is 0 Å². The van der Waals surface area contributed by atoms with E-state index in [9.17, 15) is 10.1 Å². The van der Waals surface area contributed by atoms with Crippen molar-refractivity contribution in [3.63, 3.8) is 0 Å². The van der Waals surface area contributed by atoms with Crippen molar-refractivity contribution in [3.05, 3.63) is 64.3 Å². The maximum absolute atomic E-state index is 10.9. The number of non-ortho nitro benzene ring substituents is 1. The van der Waals surface area contributed by atoms with E-state index in [4.69, 9.17) is 0 Å². The van der Waals surface area contributed by atoms with E-state index in [-0.39, 0.29) is 10.6 Å². The van der Waals surface area contributed by atoms with Crippen molar-refractivity contribution in [2.24, 2.45) is 0 Å². The first-order chi connectivity index (χ1) is 10.6. The lowest BCUT2D eigenvalue weighted by atomic mass is 10.1. The number of aromatic nitrogens is 2. The third-order valence-electron chi connectivity index (χ3n) is 3.64. The standard InChI is InChI=1S/C16H11N3O2S/c1-10-2-4-11(5-3-10)13-9-18-14-7-6-12(19(20)21)8-15(14)22-16(18)17-13/h2-9H,1H3. The molecule has 0 aliphatic heterocycles.